The molecule has 2 radical (unpaired) electrons. The van der Waals surface area contributed by atoms with Crippen molar-refractivity contribution in [3.8, 4) is 0 Å². The van der Waals surface area contributed by atoms with Gasteiger partial charge in [-0.25, -0.2) is 0 Å². The minimum Gasteiger partial charge on any atom is -0.354 e. The fraction of sp³-hybridized carbons (Fsp3) is 0.275. The van der Waals surface area contributed by atoms with Crippen LogP contribution in [0, 0.1) is 0 Å². The molecule has 0 aliphatic rings. The molecule has 0 fully saturated rings. The van der Waals surface area contributed by atoms with E-state index in [1.807, 2.05) is 23.5 Å². The highest BCUT2D eigenvalue weighted by Gasteiger charge is 2.38. The predicted molar refractivity (Wildman–Crippen MR) is 246 cm³/mol. The largest absolute Gasteiger partial charge is 0.354 e. The molecule has 290 valence electrons. The number of nitrogens with one attached hydrogen (secondary N) is 1. The summed E-state index contributed by atoms with van der Waals surface area (Å²) in [7, 11) is 5.77. The molecule has 0 aromatic heterocycles. The molecule has 0 saturated heterocycles. The Labute approximate surface area is 351 Å². The highest BCUT2D eigenvalue weighted by molar-refractivity contribution is 8.00. The third-order valence-corrected chi connectivity index (χ3v) is 13.7. The van der Waals surface area contributed by atoms with E-state index in [0.717, 1.165) is 56.6 Å². The molecule has 6 rings (SSSR count). The molecule has 0 atom stereocenters. The molecule has 3 nitrogen and oxygen atoms in total. The first-order valence-corrected chi connectivity index (χ1v) is 22.4. The maximum Gasteiger partial charge on any atom is 0.234 e. The molecule has 0 saturated carbocycles. The zero-order valence-electron chi connectivity index (χ0n) is 33.1. The van der Waals surface area contributed by atoms with Crippen molar-refractivity contribution in [1.29, 1.82) is 0 Å². The monoisotopic (exact) mass is 786 g/mol. The van der Waals surface area contributed by atoms with Gasteiger partial charge >= 0.3 is 0 Å². The molecule has 1 amide bonds. The summed E-state index contributed by atoms with van der Waals surface area (Å²) in [6.07, 6.45) is 6.36. The molecule has 0 unspecified atom stereocenters. The SMILES string of the molecule is [B]CCCCCCCN(CCSC(c1ccccc1)(c1ccccc1)c1ccccc1)CC(=O)NCCSC(c1ccccc1)(c1ccccc1)c1ccccc1. The van der Waals surface area contributed by atoms with Gasteiger partial charge in [-0.05, 0) is 46.3 Å². The fourth-order valence-electron chi connectivity index (χ4n) is 7.80. The molecule has 0 heterocycles. The number of carbonyl (C=O) groups is 1. The van der Waals surface area contributed by atoms with Crippen LogP contribution in [0.2, 0.25) is 6.32 Å². The van der Waals surface area contributed by atoms with E-state index >= 15 is 0 Å². The number of benzene rings is 6. The van der Waals surface area contributed by atoms with Crippen molar-refractivity contribution in [2.24, 2.45) is 0 Å². The van der Waals surface area contributed by atoms with E-state index < -0.39 is 4.75 Å². The second-order valence-corrected chi connectivity index (χ2v) is 17.1. The van der Waals surface area contributed by atoms with Gasteiger partial charge in [0.15, 0.2) is 0 Å². The Morgan fingerprint density at radius 1 is 0.456 bits per heavy atom. The predicted octanol–water partition coefficient (Wildman–Crippen LogP) is 11.4. The van der Waals surface area contributed by atoms with Crippen LogP contribution in [0.1, 0.15) is 65.5 Å². The van der Waals surface area contributed by atoms with Crippen LogP contribution in [0.5, 0.6) is 0 Å². The Morgan fingerprint density at radius 3 is 1.16 bits per heavy atom. The Balaban J connectivity index is 1.16. The third-order valence-electron chi connectivity index (χ3n) is 10.6. The number of thioether (sulfide) groups is 2. The number of unbranched alkanes of at least 4 members (excludes halogenated alkanes) is 4. The van der Waals surface area contributed by atoms with Crippen molar-refractivity contribution in [2.75, 3.05) is 37.7 Å². The maximum atomic E-state index is 13.8. The van der Waals surface area contributed by atoms with Crippen LogP contribution in [0.3, 0.4) is 0 Å². The molecule has 0 aliphatic heterocycles. The first kappa shape index (κ1) is 42.1. The van der Waals surface area contributed by atoms with Gasteiger partial charge in [-0.3, -0.25) is 9.69 Å². The molecule has 6 heteroatoms. The van der Waals surface area contributed by atoms with E-state index in [0.29, 0.717) is 13.1 Å². The molecule has 6 aromatic carbocycles. The van der Waals surface area contributed by atoms with Crippen LogP contribution in [-0.4, -0.2) is 56.3 Å². The summed E-state index contributed by atoms with van der Waals surface area (Å²) in [5.41, 5.74) is 7.45. The van der Waals surface area contributed by atoms with Gasteiger partial charge in [0.1, 0.15) is 0 Å². The van der Waals surface area contributed by atoms with E-state index in [9.17, 15) is 4.79 Å². The van der Waals surface area contributed by atoms with Crippen LogP contribution in [0.25, 0.3) is 0 Å². The highest BCUT2D eigenvalue weighted by atomic mass is 32.2. The standard InChI is InChI=1S/C51H55BN2OS2/c52-36-22-2-1-3-23-38-54(39-41-57-51(46-30-16-7-17-31-46,47-32-18-8-19-33-47)48-34-20-9-21-35-48)42-49(55)53-37-40-56-50(43-24-10-4-11-25-43,44-26-12-5-13-27-44)45-28-14-6-15-29-45/h4-21,24-35H,1-3,22-23,36-42H2,(H,53,55). The zero-order chi connectivity index (χ0) is 39.4. The van der Waals surface area contributed by atoms with Gasteiger partial charge in [0.25, 0.3) is 0 Å². The van der Waals surface area contributed by atoms with Crippen molar-refractivity contribution in [3.63, 3.8) is 0 Å². The summed E-state index contributed by atoms with van der Waals surface area (Å²) in [5.74, 6) is 1.70. The van der Waals surface area contributed by atoms with Gasteiger partial charge in [-0.1, -0.05) is 214 Å². The van der Waals surface area contributed by atoms with Gasteiger partial charge in [0, 0.05) is 24.6 Å². The normalized spacial score (nSPS) is 11.7. The van der Waals surface area contributed by atoms with Gasteiger partial charge in [0.2, 0.25) is 5.91 Å². The van der Waals surface area contributed by atoms with E-state index in [1.54, 1.807) is 0 Å². The number of carbonyl (C=O) groups excluding carboxylic acids is 1. The summed E-state index contributed by atoms with van der Waals surface area (Å²) in [4.78, 5) is 16.2. The Morgan fingerprint density at radius 2 is 0.789 bits per heavy atom. The first-order chi connectivity index (χ1) is 28.2. The van der Waals surface area contributed by atoms with Gasteiger partial charge in [-0.15, -0.1) is 23.5 Å². The Kier molecular flexibility index (Phi) is 16.6. The van der Waals surface area contributed by atoms with E-state index in [-0.39, 0.29) is 10.7 Å². The average Bonchev–Trinajstić information content (AvgIpc) is 3.28. The molecule has 0 aliphatic carbocycles. The minimum absolute atomic E-state index is 0.0777. The second-order valence-electron chi connectivity index (χ2n) is 14.4. The molecule has 0 bridgehead atoms. The van der Waals surface area contributed by atoms with Gasteiger partial charge in [-0.2, -0.15) is 0 Å². The quantitative estimate of drug-likeness (QED) is 0.0398. The topological polar surface area (TPSA) is 32.3 Å². The zero-order valence-corrected chi connectivity index (χ0v) is 34.7. The lowest BCUT2D eigenvalue weighted by Crippen LogP contribution is -2.40. The van der Waals surface area contributed by atoms with Crippen LogP contribution < -0.4 is 5.32 Å². The summed E-state index contributed by atoms with van der Waals surface area (Å²) in [6.45, 7) is 2.66. The summed E-state index contributed by atoms with van der Waals surface area (Å²) >= 11 is 3.84. The summed E-state index contributed by atoms with van der Waals surface area (Å²) in [5, 5.41) is 3.32. The molecule has 57 heavy (non-hydrogen) atoms. The lowest BCUT2D eigenvalue weighted by Gasteiger charge is -2.36. The third kappa shape index (κ3) is 11.1. The highest BCUT2D eigenvalue weighted by Crippen LogP contribution is 2.49. The molecule has 6 aromatic rings. The number of amides is 1. The number of hydrogen-bond donors (Lipinski definition) is 1. The average molecular weight is 787 g/mol. The van der Waals surface area contributed by atoms with E-state index in [2.05, 4.69) is 192 Å². The maximum absolute atomic E-state index is 13.8. The van der Waals surface area contributed by atoms with Crippen LogP contribution in [-0.2, 0) is 14.3 Å². The van der Waals surface area contributed by atoms with Crippen LogP contribution in [0.4, 0.5) is 0 Å². The van der Waals surface area contributed by atoms with Crippen molar-refractivity contribution in [2.45, 2.75) is 47.9 Å². The van der Waals surface area contributed by atoms with Crippen LogP contribution in [0.15, 0.2) is 182 Å². The fourth-order valence-corrected chi connectivity index (χ4v) is 10.8. The summed E-state index contributed by atoms with van der Waals surface area (Å²) in [6, 6.07) is 64.9. The second kappa shape index (κ2) is 22.5. The molecular weight excluding hydrogens is 732 g/mol. The minimum atomic E-state index is -0.412. The van der Waals surface area contributed by atoms with Crippen LogP contribution >= 0.6 is 23.5 Å². The number of hydrogen-bond acceptors (Lipinski definition) is 4. The Bertz CT molecular complexity index is 1810. The van der Waals surface area contributed by atoms with E-state index in [1.165, 1.54) is 39.8 Å². The van der Waals surface area contributed by atoms with Gasteiger partial charge < -0.3 is 5.32 Å². The smallest absolute Gasteiger partial charge is 0.234 e. The van der Waals surface area contributed by atoms with Crippen molar-refractivity contribution >= 4 is 37.3 Å². The lowest BCUT2D eigenvalue weighted by molar-refractivity contribution is -0.122. The number of nitrogens with zero attached hydrogens (tertiary/aromatic N) is 1. The first-order valence-electron chi connectivity index (χ1n) is 20.5. The van der Waals surface area contributed by atoms with Gasteiger partial charge in [0.05, 0.1) is 23.9 Å². The lowest BCUT2D eigenvalue weighted by atomic mass is 9.84. The summed E-state index contributed by atoms with van der Waals surface area (Å²) < 4.78 is -0.801. The van der Waals surface area contributed by atoms with E-state index in [4.69, 9.17) is 7.85 Å². The molecule has 0 spiro atoms. The Hall–Kier alpha value is -4.49. The number of rotatable bonds is 23. The molecular formula is C51H55BN2OS2. The van der Waals surface area contributed by atoms with Crippen molar-refractivity contribution < 1.29 is 4.79 Å². The van der Waals surface area contributed by atoms with Crippen molar-refractivity contribution in [1.82, 2.24) is 10.2 Å². The molecule has 1 N–H and O–H groups in total. The van der Waals surface area contributed by atoms with Crippen molar-refractivity contribution in [3.05, 3.63) is 215 Å².